The molecule has 104 valence electrons. The van der Waals surface area contributed by atoms with E-state index in [1.807, 2.05) is 0 Å². The van der Waals surface area contributed by atoms with Crippen molar-refractivity contribution < 1.29 is 18.3 Å². The Balaban J connectivity index is 2.23. The molecule has 2 aromatic rings. The van der Waals surface area contributed by atoms with Crippen LogP contribution in [0.1, 0.15) is 15.9 Å². The second-order valence-corrected chi connectivity index (χ2v) is 4.80. The molecule has 0 aliphatic rings. The number of rotatable bonds is 4. The molecule has 2 nitrogen and oxygen atoms in total. The van der Waals surface area contributed by atoms with Gasteiger partial charge in [-0.2, -0.15) is 0 Å². The van der Waals surface area contributed by atoms with Crippen molar-refractivity contribution in [1.29, 1.82) is 0 Å². The van der Waals surface area contributed by atoms with E-state index in [1.54, 1.807) is 18.2 Å². The van der Waals surface area contributed by atoms with E-state index >= 15 is 0 Å². The third-order valence-electron chi connectivity index (χ3n) is 2.54. The van der Waals surface area contributed by atoms with E-state index in [4.69, 9.17) is 27.9 Å². The fraction of sp³-hybridized carbons (Fsp3) is 0.0714. The molecule has 6 heteroatoms. The van der Waals surface area contributed by atoms with Crippen LogP contribution < -0.4 is 4.74 Å². The molecule has 2 aromatic carbocycles. The molecule has 20 heavy (non-hydrogen) atoms. The first-order valence-electron chi connectivity index (χ1n) is 5.52. The molecule has 0 heterocycles. The fourth-order valence-corrected chi connectivity index (χ4v) is 1.96. The third-order valence-corrected chi connectivity index (χ3v) is 3.14. The van der Waals surface area contributed by atoms with Crippen LogP contribution in [-0.2, 0) is 6.61 Å². The Morgan fingerprint density at radius 1 is 1.10 bits per heavy atom. The Kier molecular flexibility index (Phi) is 4.57. The molecule has 0 amide bonds. The van der Waals surface area contributed by atoms with Crippen LogP contribution in [0.15, 0.2) is 30.3 Å². The molecule has 0 spiro atoms. The molecule has 2 rings (SSSR count). The van der Waals surface area contributed by atoms with Gasteiger partial charge in [0, 0.05) is 21.2 Å². The van der Waals surface area contributed by atoms with E-state index in [0.29, 0.717) is 21.9 Å². The lowest BCUT2D eigenvalue weighted by Crippen LogP contribution is -2.01. The number of benzene rings is 2. The summed E-state index contributed by atoms with van der Waals surface area (Å²) in [4.78, 5) is 10.5. The Labute approximate surface area is 123 Å². The van der Waals surface area contributed by atoms with Crippen LogP contribution in [0.25, 0.3) is 0 Å². The third kappa shape index (κ3) is 3.26. The standard InChI is InChI=1S/C14H8Cl2F2O2/c15-10-1-2-11(16)9(5-10)7-20-14-12(17)3-8(6-19)4-13(14)18/h1-6H,7H2. The van der Waals surface area contributed by atoms with Crippen LogP contribution in [0, 0.1) is 11.6 Å². The van der Waals surface area contributed by atoms with E-state index in [-0.39, 0.29) is 12.2 Å². The Bertz CT molecular complexity index is 637. The van der Waals surface area contributed by atoms with Gasteiger partial charge in [-0.15, -0.1) is 0 Å². The van der Waals surface area contributed by atoms with Crippen LogP contribution in [0.3, 0.4) is 0 Å². The summed E-state index contributed by atoms with van der Waals surface area (Å²) in [5.41, 5.74) is 0.394. The lowest BCUT2D eigenvalue weighted by Gasteiger charge is -2.10. The minimum Gasteiger partial charge on any atom is -0.483 e. The zero-order valence-electron chi connectivity index (χ0n) is 10.00. The fourth-order valence-electron chi connectivity index (χ4n) is 1.59. The normalized spacial score (nSPS) is 10.4. The van der Waals surface area contributed by atoms with Crippen molar-refractivity contribution >= 4 is 29.5 Å². The highest BCUT2D eigenvalue weighted by Gasteiger charge is 2.13. The summed E-state index contributed by atoms with van der Waals surface area (Å²) >= 11 is 11.7. The Morgan fingerprint density at radius 2 is 1.75 bits per heavy atom. The van der Waals surface area contributed by atoms with Crippen LogP contribution in [0.2, 0.25) is 10.0 Å². The first-order chi connectivity index (χ1) is 9.51. The van der Waals surface area contributed by atoms with Gasteiger partial charge in [0.1, 0.15) is 12.9 Å². The van der Waals surface area contributed by atoms with Gasteiger partial charge in [-0.05, 0) is 30.3 Å². The molecule has 0 atom stereocenters. The molecule has 0 fully saturated rings. The van der Waals surface area contributed by atoms with E-state index in [2.05, 4.69) is 0 Å². The smallest absolute Gasteiger partial charge is 0.191 e. The van der Waals surface area contributed by atoms with E-state index in [0.717, 1.165) is 12.1 Å². The zero-order chi connectivity index (χ0) is 14.7. The molecule has 0 saturated heterocycles. The summed E-state index contributed by atoms with van der Waals surface area (Å²) in [6.45, 7) is -0.145. The maximum absolute atomic E-state index is 13.6. The van der Waals surface area contributed by atoms with Crippen molar-refractivity contribution in [3.05, 3.63) is 63.1 Å². The molecule has 0 aliphatic carbocycles. The van der Waals surface area contributed by atoms with Gasteiger partial charge in [0.05, 0.1) is 0 Å². The van der Waals surface area contributed by atoms with Crippen LogP contribution in [-0.4, -0.2) is 6.29 Å². The molecule has 0 radical (unpaired) electrons. The molecular weight excluding hydrogens is 309 g/mol. The molecule has 0 saturated carbocycles. The van der Waals surface area contributed by atoms with E-state index < -0.39 is 17.4 Å². The lowest BCUT2D eigenvalue weighted by molar-refractivity contribution is 0.112. The van der Waals surface area contributed by atoms with Gasteiger partial charge in [0.25, 0.3) is 0 Å². The first-order valence-corrected chi connectivity index (χ1v) is 6.28. The Morgan fingerprint density at radius 3 is 2.35 bits per heavy atom. The Hall–Kier alpha value is -1.65. The molecular formula is C14H8Cl2F2O2. The summed E-state index contributed by atoms with van der Waals surface area (Å²) < 4.78 is 32.3. The predicted molar refractivity (Wildman–Crippen MR) is 72.5 cm³/mol. The van der Waals surface area contributed by atoms with Gasteiger partial charge >= 0.3 is 0 Å². The highest BCUT2D eigenvalue weighted by molar-refractivity contribution is 6.33. The summed E-state index contributed by atoms with van der Waals surface area (Å²) in [5.74, 6) is -2.47. The lowest BCUT2D eigenvalue weighted by atomic mass is 10.2. The molecule has 0 aromatic heterocycles. The van der Waals surface area contributed by atoms with Gasteiger partial charge in [-0.25, -0.2) is 8.78 Å². The van der Waals surface area contributed by atoms with Crippen molar-refractivity contribution in [3.63, 3.8) is 0 Å². The van der Waals surface area contributed by atoms with Crippen LogP contribution in [0.4, 0.5) is 8.78 Å². The predicted octanol–water partition coefficient (Wildman–Crippen LogP) is 4.66. The van der Waals surface area contributed by atoms with Crippen molar-refractivity contribution in [2.75, 3.05) is 0 Å². The van der Waals surface area contributed by atoms with E-state index in [9.17, 15) is 13.6 Å². The molecule has 0 bridgehead atoms. The van der Waals surface area contributed by atoms with Gasteiger partial charge in [0.15, 0.2) is 17.4 Å². The number of halogens is 4. The zero-order valence-corrected chi connectivity index (χ0v) is 11.5. The van der Waals surface area contributed by atoms with Gasteiger partial charge in [-0.1, -0.05) is 23.2 Å². The maximum Gasteiger partial charge on any atom is 0.191 e. The van der Waals surface area contributed by atoms with Crippen LogP contribution >= 0.6 is 23.2 Å². The van der Waals surface area contributed by atoms with Crippen molar-refractivity contribution in [3.8, 4) is 5.75 Å². The van der Waals surface area contributed by atoms with Crippen molar-refractivity contribution in [1.82, 2.24) is 0 Å². The summed E-state index contributed by atoms with van der Waals surface area (Å²) in [7, 11) is 0. The topological polar surface area (TPSA) is 26.3 Å². The van der Waals surface area contributed by atoms with Gasteiger partial charge in [-0.3, -0.25) is 4.79 Å². The first kappa shape index (κ1) is 14.8. The second-order valence-electron chi connectivity index (χ2n) is 3.96. The van der Waals surface area contributed by atoms with Crippen molar-refractivity contribution in [2.24, 2.45) is 0 Å². The monoisotopic (exact) mass is 316 g/mol. The number of hydrogen-bond donors (Lipinski definition) is 0. The number of aldehydes is 1. The summed E-state index contributed by atoms with van der Waals surface area (Å²) in [6, 6.07) is 6.48. The minimum absolute atomic E-state index is 0.104. The van der Waals surface area contributed by atoms with Crippen LogP contribution in [0.5, 0.6) is 5.75 Å². The van der Waals surface area contributed by atoms with Crippen molar-refractivity contribution in [2.45, 2.75) is 6.61 Å². The molecule has 0 unspecified atom stereocenters. The summed E-state index contributed by atoms with van der Waals surface area (Å²) in [5, 5.41) is 0.810. The van der Waals surface area contributed by atoms with E-state index in [1.165, 1.54) is 0 Å². The number of hydrogen-bond acceptors (Lipinski definition) is 2. The summed E-state index contributed by atoms with van der Waals surface area (Å²) in [6.07, 6.45) is 0.351. The average Bonchev–Trinajstić information content (AvgIpc) is 2.41. The second kappa shape index (κ2) is 6.20. The largest absolute Gasteiger partial charge is 0.483 e. The SMILES string of the molecule is O=Cc1cc(F)c(OCc2cc(Cl)ccc2Cl)c(F)c1. The minimum atomic E-state index is -0.953. The number of carbonyl (C=O) groups excluding carboxylic acids is 1. The number of ether oxygens (including phenoxy) is 1. The number of carbonyl (C=O) groups is 1. The quantitative estimate of drug-likeness (QED) is 0.767. The molecule has 0 N–H and O–H groups in total. The average molecular weight is 317 g/mol. The molecule has 0 aliphatic heterocycles. The highest BCUT2D eigenvalue weighted by Crippen LogP contribution is 2.26. The highest BCUT2D eigenvalue weighted by atomic mass is 35.5. The van der Waals surface area contributed by atoms with Gasteiger partial charge in [0.2, 0.25) is 0 Å². The maximum atomic E-state index is 13.6. The van der Waals surface area contributed by atoms with Gasteiger partial charge < -0.3 is 4.74 Å².